The lowest BCUT2D eigenvalue weighted by Crippen LogP contribution is -2.41. The molecule has 30 heavy (non-hydrogen) atoms. The molecule has 0 fully saturated rings. The van der Waals surface area contributed by atoms with Crippen molar-refractivity contribution >= 4 is 16.2 Å². The van der Waals surface area contributed by atoms with Crippen LogP contribution in [0.2, 0.25) is 0 Å². The highest BCUT2D eigenvalue weighted by atomic mass is 32.2. The number of ether oxygens (including phenoxy) is 1. The van der Waals surface area contributed by atoms with Gasteiger partial charge in [0.25, 0.3) is 10.1 Å². The predicted octanol–water partition coefficient (Wildman–Crippen LogP) is 4.65. The van der Waals surface area contributed by atoms with Crippen molar-refractivity contribution < 1.29 is 48.5 Å². The fraction of sp³-hybridized carbons (Fsp3) is 0.588. The molecule has 1 N–H and O–H groups in total. The van der Waals surface area contributed by atoms with Crippen LogP contribution in [0, 0.1) is 0 Å². The van der Waals surface area contributed by atoms with Gasteiger partial charge in [0.05, 0.1) is 23.4 Å². The summed E-state index contributed by atoms with van der Waals surface area (Å²) in [4.78, 5) is 11.9. The largest absolute Gasteiger partial charge is 0.444 e. The number of nitrogens with one attached hydrogen (secondary N) is 1. The van der Waals surface area contributed by atoms with Gasteiger partial charge in [0.1, 0.15) is 11.7 Å². The standard InChI is InChI=1S/C17H21F6NO5S/c1-9(24-14(25)28-15(2,3)4)13(29-30(5,26)27)10-6-11(16(18,19)20)8-12(7-10)17(21,22)23/h6-9,13H,1-5H3,(H,24,25). The van der Waals surface area contributed by atoms with Crippen molar-refractivity contribution in [2.45, 2.75) is 57.8 Å². The molecule has 0 aliphatic rings. The Morgan fingerprint density at radius 2 is 1.40 bits per heavy atom. The maximum Gasteiger partial charge on any atom is 0.416 e. The van der Waals surface area contributed by atoms with Gasteiger partial charge in [-0.15, -0.1) is 0 Å². The van der Waals surface area contributed by atoms with E-state index in [1.807, 2.05) is 0 Å². The number of halogens is 6. The Labute approximate surface area is 169 Å². The summed E-state index contributed by atoms with van der Waals surface area (Å²) in [5.74, 6) is 0. The number of hydrogen-bond donors (Lipinski definition) is 1. The van der Waals surface area contributed by atoms with E-state index in [1.54, 1.807) is 0 Å². The summed E-state index contributed by atoms with van der Waals surface area (Å²) in [6, 6.07) is -0.817. The van der Waals surface area contributed by atoms with Crippen LogP contribution in [0.15, 0.2) is 18.2 Å². The highest BCUT2D eigenvalue weighted by Gasteiger charge is 2.39. The van der Waals surface area contributed by atoms with E-state index in [1.165, 1.54) is 20.8 Å². The Bertz CT molecular complexity index is 842. The molecule has 0 aliphatic carbocycles. The van der Waals surface area contributed by atoms with E-state index in [-0.39, 0.29) is 6.07 Å². The van der Waals surface area contributed by atoms with Crippen LogP contribution < -0.4 is 5.32 Å². The highest BCUT2D eigenvalue weighted by molar-refractivity contribution is 7.86. The molecule has 0 aliphatic heterocycles. The van der Waals surface area contributed by atoms with Crippen LogP contribution in [0.25, 0.3) is 0 Å². The van der Waals surface area contributed by atoms with Crippen LogP contribution in [0.4, 0.5) is 31.1 Å². The smallest absolute Gasteiger partial charge is 0.416 e. The molecule has 1 aromatic carbocycles. The predicted molar refractivity (Wildman–Crippen MR) is 93.9 cm³/mol. The van der Waals surface area contributed by atoms with Crippen molar-refractivity contribution in [3.63, 3.8) is 0 Å². The summed E-state index contributed by atoms with van der Waals surface area (Å²) in [5.41, 5.74) is -5.01. The summed E-state index contributed by atoms with van der Waals surface area (Å²) in [6.45, 7) is 5.70. The third kappa shape index (κ3) is 8.38. The van der Waals surface area contributed by atoms with Gasteiger partial charge in [0, 0.05) is 0 Å². The lowest BCUT2D eigenvalue weighted by molar-refractivity contribution is -0.143. The maximum atomic E-state index is 13.1. The van der Waals surface area contributed by atoms with E-state index in [9.17, 15) is 39.6 Å². The Morgan fingerprint density at radius 1 is 0.967 bits per heavy atom. The Kier molecular flexibility index (Phi) is 7.47. The molecule has 1 amide bonds. The molecule has 1 aromatic rings. The zero-order valence-corrected chi connectivity index (χ0v) is 17.4. The number of alkyl halides is 6. The first kappa shape index (κ1) is 26.0. The Morgan fingerprint density at radius 3 is 1.73 bits per heavy atom. The van der Waals surface area contributed by atoms with Crippen molar-refractivity contribution in [2.75, 3.05) is 6.26 Å². The molecule has 0 bridgehead atoms. The van der Waals surface area contributed by atoms with Gasteiger partial charge in [-0.1, -0.05) is 0 Å². The van der Waals surface area contributed by atoms with Crippen LogP contribution in [0.5, 0.6) is 0 Å². The second kappa shape index (κ2) is 8.61. The molecule has 0 radical (unpaired) electrons. The van der Waals surface area contributed by atoms with Crippen molar-refractivity contribution in [1.82, 2.24) is 5.32 Å². The van der Waals surface area contributed by atoms with E-state index in [0.29, 0.717) is 18.4 Å². The lowest BCUT2D eigenvalue weighted by atomic mass is 9.97. The third-order valence-corrected chi connectivity index (χ3v) is 3.97. The molecular weight excluding hydrogens is 444 g/mol. The molecule has 2 atom stereocenters. The summed E-state index contributed by atoms with van der Waals surface area (Å²) < 4.78 is 112. The summed E-state index contributed by atoms with van der Waals surface area (Å²) in [7, 11) is -4.34. The topological polar surface area (TPSA) is 81.7 Å². The zero-order chi connectivity index (χ0) is 23.7. The number of carbonyl (C=O) groups excluding carboxylic acids is 1. The monoisotopic (exact) mass is 465 g/mol. The van der Waals surface area contributed by atoms with Gasteiger partial charge in [0.2, 0.25) is 0 Å². The average Bonchev–Trinajstić information content (AvgIpc) is 2.47. The van der Waals surface area contributed by atoms with Crippen molar-refractivity contribution in [3.8, 4) is 0 Å². The first-order chi connectivity index (χ1) is 13.2. The molecule has 0 heterocycles. The van der Waals surface area contributed by atoms with Crippen LogP contribution in [0.3, 0.4) is 0 Å². The van der Waals surface area contributed by atoms with Gasteiger partial charge < -0.3 is 10.1 Å². The molecule has 0 aromatic heterocycles. The van der Waals surface area contributed by atoms with E-state index < -0.39 is 63.0 Å². The molecule has 172 valence electrons. The fourth-order valence-electron chi connectivity index (χ4n) is 2.33. The number of rotatable bonds is 5. The summed E-state index contributed by atoms with van der Waals surface area (Å²) in [6.07, 6.45) is -12.7. The number of alkyl carbamates (subject to hydrolysis) is 1. The van der Waals surface area contributed by atoms with Crippen molar-refractivity contribution in [3.05, 3.63) is 34.9 Å². The van der Waals surface area contributed by atoms with Crippen LogP contribution in [-0.4, -0.2) is 32.4 Å². The van der Waals surface area contributed by atoms with Gasteiger partial charge in [-0.3, -0.25) is 4.18 Å². The first-order valence-electron chi connectivity index (χ1n) is 8.36. The molecule has 6 nitrogen and oxygen atoms in total. The van der Waals surface area contributed by atoms with Gasteiger partial charge in [-0.2, -0.15) is 34.8 Å². The number of carbonyl (C=O) groups is 1. The average molecular weight is 465 g/mol. The van der Waals surface area contributed by atoms with E-state index >= 15 is 0 Å². The minimum atomic E-state index is -5.15. The van der Waals surface area contributed by atoms with Crippen LogP contribution >= 0.6 is 0 Å². The third-order valence-electron chi connectivity index (χ3n) is 3.42. The second-order valence-corrected chi connectivity index (χ2v) is 9.10. The minimum absolute atomic E-state index is 0.104. The van der Waals surface area contributed by atoms with Crippen molar-refractivity contribution in [1.29, 1.82) is 0 Å². The molecular formula is C17H21F6NO5S. The minimum Gasteiger partial charge on any atom is -0.444 e. The Hall–Kier alpha value is -2.02. The second-order valence-electron chi connectivity index (χ2n) is 7.50. The lowest BCUT2D eigenvalue weighted by Gasteiger charge is -2.27. The molecule has 0 saturated carbocycles. The maximum absolute atomic E-state index is 13.1. The highest BCUT2D eigenvalue weighted by Crippen LogP contribution is 2.38. The molecule has 2 unspecified atom stereocenters. The van der Waals surface area contributed by atoms with E-state index in [0.717, 1.165) is 6.92 Å². The number of amides is 1. The molecule has 0 spiro atoms. The number of benzene rings is 1. The van der Waals surface area contributed by atoms with Crippen LogP contribution in [-0.2, 0) is 31.4 Å². The molecule has 0 saturated heterocycles. The summed E-state index contributed by atoms with van der Waals surface area (Å²) in [5, 5.41) is 2.16. The van der Waals surface area contributed by atoms with Gasteiger partial charge >= 0.3 is 18.4 Å². The quantitative estimate of drug-likeness (QED) is 0.506. The molecule has 1 rings (SSSR count). The SMILES string of the molecule is CC(NC(=O)OC(C)(C)C)C(OS(C)(=O)=O)c1cc(C(F)(F)F)cc(C(F)(F)F)c1. The normalized spacial score (nSPS) is 15.4. The van der Waals surface area contributed by atoms with Gasteiger partial charge in [-0.05, 0) is 51.5 Å². The van der Waals surface area contributed by atoms with Gasteiger partial charge in [0.15, 0.2) is 0 Å². The molecule has 13 heteroatoms. The van der Waals surface area contributed by atoms with Crippen molar-refractivity contribution in [2.24, 2.45) is 0 Å². The summed E-state index contributed by atoms with van der Waals surface area (Å²) >= 11 is 0. The van der Waals surface area contributed by atoms with Crippen LogP contribution in [0.1, 0.15) is 50.5 Å². The number of hydrogen-bond acceptors (Lipinski definition) is 5. The Balaban J connectivity index is 3.49. The van der Waals surface area contributed by atoms with Gasteiger partial charge in [-0.25, -0.2) is 4.79 Å². The van der Waals surface area contributed by atoms with E-state index in [4.69, 9.17) is 8.92 Å². The fourth-order valence-corrected chi connectivity index (χ4v) is 2.98. The zero-order valence-electron chi connectivity index (χ0n) is 16.6. The first-order valence-corrected chi connectivity index (χ1v) is 10.2. The van der Waals surface area contributed by atoms with E-state index in [2.05, 4.69) is 5.32 Å².